The normalized spacial score (nSPS) is 19.9. The summed E-state index contributed by atoms with van der Waals surface area (Å²) in [5.41, 5.74) is 3.15. The molecule has 0 saturated heterocycles. The Morgan fingerprint density at radius 1 is 1.10 bits per heavy atom. The van der Waals surface area contributed by atoms with Gasteiger partial charge in [-0.1, -0.05) is 20.8 Å². The van der Waals surface area contributed by atoms with Crippen LogP contribution >= 0.6 is 22.6 Å². The first kappa shape index (κ1) is 22.8. The number of ether oxygens (including phenoxy) is 1. The van der Waals surface area contributed by atoms with E-state index >= 15 is 0 Å². The van der Waals surface area contributed by atoms with Crippen molar-refractivity contribution in [1.29, 1.82) is 0 Å². The van der Waals surface area contributed by atoms with Gasteiger partial charge in [0.05, 0.1) is 27.5 Å². The maximum Gasteiger partial charge on any atom is 0.192 e. The molecular weight excluding hydrogens is 519 g/mol. The highest BCUT2D eigenvalue weighted by Crippen LogP contribution is 2.40. The number of halogens is 1. The van der Waals surface area contributed by atoms with Gasteiger partial charge < -0.3 is 9.16 Å². The van der Waals surface area contributed by atoms with Crippen molar-refractivity contribution in [2.24, 2.45) is 0 Å². The van der Waals surface area contributed by atoms with E-state index in [9.17, 15) is 0 Å². The van der Waals surface area contributed by atoms with Crippen LogP contribution in [0.2, 0.25) is 18.1 Å². The Bertz CT molecular complexity index is 1050. The van der Waals surface area contributed by atoms with Crippen LogP contribution in [0.4, 0.5) is 0 Å². The summed E-state index contributed by atoms with van der Waals surface area (Å²) in [7, 11) is -1.80. The molecule has 8 heteroatoms. The maximum absolute atomic E-state index is 6.64. The summed E-state index contributed by atoms with van der Waals surface area (Å²) < 4.78 is 15.9. The fourth-order valence-electron chi connectivity index (χ4n) is 3.66. The highest BCUT2D eigenvalue weighted by atomic mass is 127. The monoisotopic (exact) mass is 550 g/mol. The van der Waals surface area contributed by atoms with E-state index in [1.807, 2.05) is 35.4 Å². The highest BCUT2D eigenvalue weighted by Gasteiger charge is 2.42. The van der Waals surface area contributed by atoms with Crippen LogP contribution in [0.5, 0.6) is 0 Å². The van der Waals surface area contributed by atoms with Crippen LogP contribution in [0.25, 0.3) is 16.6 Å². The molecule has 31 heavy (non-hydrogen) atoms. The summed E-state index contributed by atoms with van der Waals surface area (Å²) in [6, 6.07) is 4.15. The van der Waals surface area contributed by atoms with Gasteiger partial charge >= 0.3 is 0 Å². The van der Waals surface area contributed by atoms with E-state index in [-0.39, 0.29) is 17.2 Å². The van der Waals surface area contributed by atoms with Crippen LogP contribution in [0.1, 0.15) is 45.9 Å². The first-order valence-electron chi connectivity index (χ1n) is 10.9. The van der Waals surface area contributed by atoms with Crippen molar-refractivity contribution < 1.29 is 9.16 Å². The Hall–Kier alpha value is -1.36. The lowest BCUT2D eigenvalue weighted by Crippen LogP contribution is -2.46. The molecule has 4 rings (SSSR count). The van der Waals surface area contributed by atoms with Gasteiger partial charge in [0.2, 0.25) is 0 Å². The van der Waals surface area contributed by atoms with Gasteiger partial charge in [-0.2, -0.15) is 5.10 Å². The Kier molecular flexibility index (Phi) is 6.53. The number of hydrogen-bond acceptors (Lipinski definition) is 5. The zero-order chi connectivity index (χ0) is 22.2. The number of hydrogen-bond donors (Lipinski definition) is 0. The summed E-state index contributed by atoms with van der Waals surface area (Å²) in [6.45, 7) is 11.9. The van der Waals surface area contributed by atoms with Gasteiger partial charge in [0.15, 0.2) is 14.1 Å². The van der Waals surface area contributed by atoms with E-state index in [0.29, 0.717) is 12.4 Å². The molecule has 166 valence electrons. The molecule has 1 fully saturated rings. The molecule has 2 atom stereocenters. The number of nitrogens with zero attached hydrogens (tertiary/aromatic N) is 4. The number of rotatable bonds is 6. The van der Waals surface area contributed by atoms with E-state index in [1.165, 1.54) is 0 Å². The van der Waals surface area contributed by atoms with Gasteiger partial charge in [-0.3, -0.25) is 0 Å². The number of fused-ring (bicyclic) bond motifs is 1. The number of aromatic nitrogens is 4. The first-order valence-corrected chi connectivity index (χ1v) is 14.9. The molecule has 0 unspecified atom stereocenters. The Morgan fingerprint density at radius 2 is 1.81 bits per heavy atom. The molecule has 0 aromatic carbocycles. The van der Waals surface area contributed by atoms with Crippen molar-refractivity contribution in [2.45, 2.75) is 77.0 Å². The second-order valence-electron chi connectivity index (χ2n) is 9.82. The van der Waals surface area contributed by atoms with Crippen molar-refractivity contribution in [3.63, 3.8) is 0 Å². The minimum Gasteiger partial charge on any atom is -0.411 e. The molecule has 3 aromatic rings. The average Bonchev–Trinajstić information content (AvgIpc) is 3.31. The van der Waals surface area contributed by atoms with Gasteiger partial charge in [0.1, 0.15) is 6.61 Å². The summed E-state index contributed by atoms with van der Waals surface area (Å²) in [4.78, 5) is 9.11. The lowest BCUT2D eigenvalue weighted by molar-refractivity contribution is -0.0244. The van der Waals surface area contributed by atoms with Gasteiger partial charge in [0.25, 0.3) is 0 Å². The minimum absolute atomic E-state index is 0.128. The third-order valence-electron chi connectivity index (χ3n) is 6.58. The van der Waals surface area contributed by atoms with E-state index in [1.54, 1.807) is 0 Å². The molecule has 1 aliphatic rings. The third kappa shape index (κ3) is 5.02. The van der Waals surface area contributed by atoms with E-state index < -0.39 is 8.32 Å². The van der Waals surface area contributed by atoms with E-state index in [0.717, 1.165) is 39.5 Å². The molecule has 0 amide bonds. The average molecular weight is 551 g/mol. The molecule has 0 aliphatic heterocycles. The second-order valence-corrected chi connectivity index (χ2v) is 15.7. The molecule has 0 N–H and O–H groups in total. The lowest BCUT2D eigenvalue weighted by Gasteiger charge is -2.39. The lowest BCUT2D eigenvalue weighted by atomic mass is 10.1. The third-order valence-corrected chi connectivity index (χ3v) is 11.9. The zero-order valence-electron chi connectivity index (χ0n) is 18.9. The molecule has 3 heterocycles. The summed E-state index contributed by atoms with van der Waals surface area (Å²) >= 11 is 2.30. The Labute approximate surface area is 199 Å². The zero-order valence-corrected chi connectivity index (χ0v) is 22.1. The predicted octanol–water partition coefficient (Wildman–Crippen LogP) is 5.86. The van der Waals surface area contributed by atoms with Gasteiger partial charge in [-0.15, -0.1) is 0 Å². The van der Waals surface area contributed by atoms with Crippen molar-refractivity contribution >= 4 is 36.4 Å². The largest absolute Gasteiger partial charge is 0.411 e. The topological polar surface area (TPSA) is 61.5 Å². The number of pyridine rings is 1. The first-order chi connectivity index (χ1) is 14.6. The Balaban J connectivity index is 1.39. The quantitative estimate of drug-likeness (QED) is 0.285. The van der Waals surface area contributed by atoms with E-state index in [2.05, 4.69) is 77.6 Å². The smallest absolute Gasteiger partial charge is 0.192 e. The van der Waals surface area contributed by atoms with Crippen LogP contribution in [-0.2, 0) is 15.8 Å². The maximum atomic E-state index is 6.64. The fraction of sp³-hybridized carbons (Fsp3) is 0.522. The standard InChI is InChI=1S/C23H31IN4O2Si/c1-23(2,3)31(4,5)30-21-8-6-7-20(21)29-15-22-25-12-17(13-26-22)16-9-10-28-19(11-16)18(24)14-27-28/h9-14,20-21H,6-8,15H2,1-5H3/t20-,21-/m0/s1. The van der Waals surface area contributed by atoms with Crippen LogP contribution in [0.3, 0.4) is 0 Å². The molecule has 1 aliphatic carbocycles. The molecule has 6 nitrogen and oxygen atoms in total. The van der Waals surface area contributed by atoms with Crippen molar-refractivity contribution in [1.82, 2.24) is 19.6 Å². The minimum atomic E-state index is -1.80. The SMILES string of the molecule is CC(C)(C)[Si](C)(C)O[C@H]1CCC[C@@H]1OCc1ncc(-c2ccn3ncc(I)c3c2)cn1. The van der Waals surface area contributed by atoms with E-state index in [4.69, 9.17) is 9.16 Å². The molecule has 0 radical (unpaired) electrons. The van der Waals surface area contributed by atoms with Crippen LogP contribution in [0.15, 0.2) is 36.9 Å². The molecule has 0 spiro atoms. The molecule has 1 saturated carbocycles. The molecular formula is C23H31IN4O2Si. The van der Waals surface area contributed by atoms with Gasteiger partial charge in [-0.25, -0.2) is 14.5 Å². The van der Waals surface area contributed by atoms with Gasteiger partial charge in [-0.05, 0) is 77.7 Å². The van der Waals surface area contributed by atoms with Crippen molar-refractivity contribution in [2.75, 3.05) is 0 Å². The second kappa shape index (κ2) is 8.88. The summed E-state index contributed by atoms with van der Waals surface area (Å²) in [6.07, 6.45) is 11.2. The molecule has 3 aromatic heterocycles. The van der Waals surface area contributed by atoms with Crippen molar-refractivity contribution in [3.8, 4) is 11.1 Å². The molecule has 0 bridgehead atoms. The van der Waals surface area contributed by atoms with Crippen molar-refractivity contribution in [3.05, 3.63) is 46.3 Å². The summed E-state index contributed by atoms with van der Waals surface area (Å²) in [5, 5.41) is 4.53. The van der Waals surface area contributed by atoms with Crippen LogP contribution in [0, 0.1) is 3.57 Å². The summed E-state index contributed by atoms with van der Waals surface area (Å²) in [5.74, 6) is 0.710. The Morgan fingerprint density at radius 3 is 2.52 bits per heavy atom. The van der Waals surface area contributed by atoms with Crippen LogP contribution < -0.4 is 0 Å². The fourth-order valence-corrected chi connectivity index (χ4v) is 5.57. The van der Waals surface area contributed by atoms with Gasteiger partial charge in [0, 0.05) is 24.2 Å². The highest BCUT2D eigenvalue weighted by molar-refractivity contribution is 14.1. The predicted molar refractivity (Wildman–Crippen MR) is 133 cm³/mol. The van der Waals surface area contributed by atoms with Crippen LogP contribution in [-0.4, -0.2) is 40.1 Å².